The summed E-state index contributed by atoms with van der Waals surface area (Å²) in [5, 5.41) is 0.539. The lowest BCUT2D eigenvalue weighted by Gasteiger charge is -2.34. The van der Waals surface area contributed by atoms with Gasteiger partial charge in [-0.2, -0.15) is 0 Å². The number of amides is 1. The van der Waals surface area contributed by atoms with Crippen LogP contribution in [0.25, 0.3) is 22.6 Å². The van der Waals surface area contributed by atoms with Crippen LogP contribution in [0.5, 0.6) is 0 Å². The topological polar surface area (TPSA) is 117 Å². The van der Waals surface area contributed by atoms with Crippen LogP contribution in [-0.4, -0.2) is 59.0 Å². The second-order valence-corrected chi connectivity index (χ2v) is 9.78. The number of carbonyl (C=O) groups excluding carboxylic acids is 1. The number of nitrogen functional groups attached to an aromatic ring is 1. The summed E-state index contributed by atoms with van der Waals surface area (Å²) in [5.74, 6) is 5.96. The first-order valence-corrected chi connectivity index (χ1v) is 12.6. The lowest BCUT2D eigenvalue weighted by atomic mass is 9.99. The molecule has 1 fully saturated rings. The molecule has 2 aromatic carbocycles. The van der Waals surface area contributed by atoms with Crippen molar-refractivity contribution in [3.63, 3.8) is 0 Å². The minimum Gasteiger partial charge on any atom is -0.369 e. The number of aryl methyl sites for hydroxylation is 1. The summed E-state index contributed by atoms with van der Waals surface area (Å²) >= 11 is 6.31. The molecular weight excluding hydrogens is 498 g/mol. The molecule has 5 rings (SSSR count). The van der Waals surface area contributed by atoms with E-state index in [0.717, 1.165) is 48.6 Å². The lowest BCUT2D eigenvalue weighted by Crippen LogP contribution is -2.44. The Hall–Kier alpha value is -4.32. The van der Waals surface area contributed by atoms with E-state index in [9.17, 15) is 4.79 Å². The second-order valence-electron chi connectivity index (χ2n) is 9.34. The number of aromatic amines is 1. The third kappa shape index (κ3) is 5.21. The first kappa shape index (κ1) is 25.3. The van der Waals surface area contributed by atoms with Gasteiger partial charge in [0.2, 0.25) is 5.95 Å². The highest BCUT2D eigenvalue weighted by Gasteiger charge is 2.24. The van der Waals surface area contributed by atoms with Crippen LogP contribution >= 0.6 is 11.6 Å². The van der Waals surface area contributed by atoms with Crippen molar-refractivity contribution in [2.24, 2.45) is 5.73 Å². The molecular formula is C29H28ClN7O. The van der Waals surface area contributed by atoms with Gasteiger partial charge in [0.05, 0.1) is 28.2 Å². The standard InChI is InChI=1S/C29H28ClN7O/c1-18-6-8-20(30)17-23(18)27-25(28(31)38)22(26(35-27)24-10-11-33-29(32)34-24)9-7-19-4-3-5-21(16-19)37-14-12-36(2)13-15-37/h3-6,8,10-11,16-17,35H,12-15H2,1-2H3,(H2,31,38)(H2,32,33,34). The number of piperazine rings is 1. The van der Waals surface area contributed by atoms with Crippen molar-refractivity contribution in [3.05, 3.63) is 82.0 Å². The van der Waals surface area contributed by atoms with Gasteiger partial charge in [0.15, 0.2) is 0 Å². The third-order valence-electron chi connectivity index (χ3n) is 6.69. The molecule has 38 heavy (non-hydrogen) atoms. The molecule has 5 N–H and O–H groups in total. The fourth-order valence-electron chi connectivity index (χ4n) is 4.62. The Morgan fingerprint density at radius 3 is 2.58 bits per heavy atom. The summed E-state index contributed by atoms with van der Waals surface area (Å²) in [6.45, 7) is 5.88. The van der Waals surface area contributed by atoms with Gasteiger partial charge in [-0.25, -0.2) is 9.97 Å². The number of carbonyl (C=O) groups is 1. The number of H-pyrrole nitrogens is 1. The molecule has 0 saturated carbocycles. The highest BCUT2D eigenvalue weighted by atomic mass is 35.5. The summed E-state index contributed by atoms with van der Waals surface area (Å²) in [6.07, 6.45) is 1.56. The van der Waals surface area contributed by atoms with Gasteiger partial charge in [-0.1, -0.05) is 35.6 Å². The molecule has 4 aromatic rings. The fraction of sp³-hybridized carbons (Fsp3) is 0.207. The predicted octanol–water partition coefficient (Wildman–Crippen LogP) is 3.93. The summed E-state index contributed by atoms with van der Waals surface area (Å²) < 4.78 is 0. The molecule has 192 valence electrons. The number of nitrogens with zero attached hydrogens (tertiary/aromatic N) is 4. The Bertz CT molecular complexity index is 1580. The number of halogens is 1. The number of hydrogen-bond donors (Lipinski definition) is 3. The van der Waals surface area contributed by atoms with Gasteiger partial charge < -0.3 is 26.3 Å². The Morgan fingerprint density at radius 1 is 1.05 bits per heavy atom. The van der Waals surface area contributed by atoms with Crippen LogP contribution in [0.4, 0.5) is 11.6 Å². The monoisotopic (exact) mass is 525 g/mol. The van der Waals surface area contributed by atoms with E-state index in [1.165, 1.54) is 0 Å². The Kier molecular flexibility index (Phi) is 7.05. The van der Waals surface area contributed by atoms with Crippen molar-refractivity contribution in [2.75, 3.05) is 43.9 Å². The van der Waals surface area contributed by atoms with Gasteiger partial charge in [-0.3, -0.25) is 4.79 Å². The number of hydrogen-bond acceptors (Lipinski definition) is 6. The largest absolute Gasteiger partial charge is 0.369 e. The smallest absolute Gasteiger partial charge is 0.252 e. The van der Waals surface area contributed by atoms with E-state index in [0.29, 0.717) is 27.7 Å². The lowest BCUT2D eigenvalue weighted by molar-refractivity contribution is 0.100. The summed E-state index contributed by atoms with van der Waals surface area (Å²) in [7, 11) is 2.13. The molecule has 9 heteroatoms. The zero-order valence-electron chi connectivity index (χ0n) is 21.3. The first-order valence-electron chi connectivity index (χ1n) is 12.3. The highest BCUT2D eigenvalue weighted by molar-refractivity contribution is 6.31. The molecule has 1 saturated heterocycles. The average molecular weight is 526 g/mol. The molecule has 0 spiro atoms. The number of anilines is 2. The maximum absolute atomic E-state index is 12.9. The van der Waals surface area contributed by atoms with Crippen molar-refractivity contribution < 1.29 is 4.79 Å². The molecule has 8 nitrogen and oxygen atoms in total. The summed E-state index contributed by atoms with van der Waals surface area (Å²) in [4.78, 5) is 29.2. The van der Waals surface area contributed by atoms with Crippen molar-refractivity contribution >= 4 is 29.1 Å². The average Bonchev–Trinajstić information content (AvgIpc) is 3.29. The van der Waals surface area contributed by atoms with Crippen molar-refractivity contribution in [1.29, 1.82) is 0 Å². The third-order valence-corrected chi connectivity index (χ3v) is 6.93. The number of primary amides is 1. The van der Waals surface area contributed by atoms with E-state index in [1.807, 2.05) is 25.1 Å². The van der Waals surface area contributed by atoms with E-state index in [2.05, 4.69) is 55.8 Å². The minimum atomic E-state index is -0.612. The van der Waals surface area contributed by atoms with Crippen LogP contribution < -0.4 is 16.4 Å². The number of nitrogens with one attached hydrogen (secondary N) is 1. The molecule has 0 unspecified atom stereocenters. The van der Waals surface area contributed by atoms with Crippen LogP contribution in [-0.2, 0) is 0 Å². The molecule has 1 aliphatic heterocycles. The van der Waals surface area contributed by atoms with Crippen molar-refractivity contribution in [2.45, 2.75) is 6.92 Å². The maximum Gasteiger partial charge on any atom is 0.252 e. The van der Waals surface area contributed by atoms with Gasteiger partial charge >= 0.3 is 0 Å². The molecule has 1 aliphatic rings. The zero-order valence-corrected chi connectivity index (χ0v) is 22.0. The Labute approximate surface area is 226 Å². The number of likely N-dealkylation sites (N-methyl/N-ethyl adjacent to an activating group) is 1. The number of aromatic nitrogens is 3. The van der Waals surface area contributed by atoms with Crippen LogP contribution in [0.2, 0.25) is 5.02 Å². The quantitative estimate of drug-likeness (QED) is 0.347. The molecule has 2 aromatic heterocycles. The molecule has 0 atom stereocenters. The highest BCUT2D eigenvalue weighted by Crippen LogP contribution is 2.35. The predicted molar refractivity (Wildman–Crippen MR) is 152 cm³/mol. The fourth-order valence-corrected chi connectivity index (χ4v) is 4.79. The zero-order chi connectivity index (χ0) is 26.8. The normalized spacial score (nSPS) is 13.7. The van der Waals surface area contributed by atoms with Crippen LogP contribution in [0.3, 0.4) is 0 Å². The Morgan fingerprint density at radius 2 is 1.84 bits per heavy atom. The number of rotatable bonds is 4. The van der Waals surface area contributed by atoms with Crippen molar-refractivity contribution in [3.8, 4) is 34.5 Å². The van der Waals surface area contributed by atoms with E-state index in [1.54, 1.807) is 24.4 Å². The molecule has 0 bridgehead atoms. The molecule has 0 aliphatic carbocycles. The maximum atomic E-state index is 12.9. The summed E-state index contributed by atoms with van der Waals surface area (Å²) in [6, 6.07) is 15.3. The van der Waals surface area contributed by atoms with Gasteiger partial charge in [-0.05, 0) is 55.9 Å². The van der Waals surface area contributed by atoms with E-state index >= 15 is 0 Å². The van der Waals surface area contributed by atoms with Gasteiger partial charge in [0.1, 0.15) is 0 Å². The molecule has 0 radical (unpaired) electrons. The second kappa shape index (κ2) is 10.6. The molecule has 3 heterocycles. The van der Waals surface area contributed by atoms with E-state index in [4.69, 9.17) is 23.1 Å². The minimum absolute atomic E-state index is 0.108. The van der Waals surface area contributed by atoms with E-state index < -0.39 is 5.91 Å². The van der Waals surface area contributed by atoms with E-state index in [-0.39, 0.29) is 11.5 Å². The summed E-state index contributed by atoms with van der Waals surface area (Å²) in [5.41, 5.74) is 17.7. The first-order chi connectivity index (χ1) is 18.3. The number of nitrogens with two attached hydrogens (primary N) is 2. The van der Waals surface area contributed by atoms with Gasteiger partial charge in [-0.15, -0.1) is 0 Å². The van der Waals surface area contributed by atoms with Gasteiger partial charge in [0, 0.05) is 54.2 Å². The molecule has 1 amide bonds. The van der Waals surface area contributed by atoms with Crippen molar-refractivity contribution in [1.82, 2.24) is 19.9 Å². The van der Waals surface area contributed by atoms with Crippen LogP contribution in [0, 0.1) is 18.8 Å². The number of benzene rings is 2. The van der Waals surface area contributed by atoms with Crippen LogP contribution in [0.15, 0.2) is 54.7 Å². The van der Waals surface area contributed by atoms with Crippen LogP contribution in [0.1, 0.15) is 27.0 Å². The SMILES string of the molecule is Cc1ccc(Cl)cc1-c1[nH]c(-c2ccnc(N)n2)c(C#Cc2cccc(N3CCN(C)CC3)c2)c1C(N)=O. The Balaban J connectivity index is 1.65. The van der Waals surface area contributed by atoms with Gasteiger partial charge in [0.25, 0.3) is 5.91 Å².